The summed E-state index contributed by atoms with van der Waals surface area (Å²) >= 11 is 10.4. The van der Waals surface area contributed by atoms with E-state index >= 15 is 0 Å². The fourth-order valence-corrected chi connectivity index (χ4v) is 5.08. The van der Waals surface area contributed by atoms with Crippen molar-refractivity contribution in [2.75, 3.05) is 10.5 Å². The van der Waals surface area contributed by atoms with Crippen molar-refractivity contribution in [2.45, 2.75) is 18.1 Å². The summed E-state index contributed by atoms with van der Waals surface area (Å²) < 4.78 is 28.2. The molecule has 0 aliphatic heterocycles. The Kier molecular flexibility index (Phi) is 4.34. The summed E-state index contributed by atoms with van der Waals surface area (Å²) in [6, 6.07) is 4.76. The van der Waals surface area contributed by atoms with Crippen LogP contribution in [0.5, 0.6) is 0 Å². The number of nitrogen functional groups attached to an aromatic ring is 1. The molecule has 0 saturated carbocycles. The van der Waals surface area contributed by atoms with Gasteiger partial charge in [-0.05, 0) is 59.1 Å². The van der Waals surface area contributed by atoms with Gasteiger partial charge in [0.2, 0.25) is 0 Å². The minimum atomic E-state index is -3.63. The summed E-state index contributed by atoms with van der Waals surface area (Å²) in [4.78, 5) is 0. The highest BCUT2D eigenvalue weighted by Crippen LogP contribution is 2.33. The molecule has 108 valence electrons. The Morgan fingerprint density at radius 2 is 1.90 bits per heavy atom. The van der Waals surface area contributed by atoms with Gasteiger partial charge in [0, 0.05) is 0 Å². The maximum absolute atomic E-state index is 12.3. The topological polar surface area (TPSA) is 72.2 Å². The van der Waals surface area contributed by atoms with Crippen molar-refractivity contribution in [1.29, 1.82) is 0 Å². The molecule has 0 bridgehead atoms. The number of hydrogen-bond acceptors (Lipinski definition) is 4. The molecule has 20 heavy (non-hydrogen) atoms. The van der Waals surface area contributed by atoms with Gasteiger partial charge in [-0.1, -0.05) is 11.6 Å². The molecule has 8 heteroatoms. The largest absolute Gasteiger partial charge is 0.398 e. The van der Waals surface area contributed by atoms with E-state index in [1.165, 1.54) is 6.07 Å². The molecule has 0 radical (unpaired) electrons. The SMILES string of the molecule is Cc1cc(N)c(Cl)cc1NS(=O)(=O)c1cc(C)c(Br)s1. The summed E-state index contributed by atoms with van der Waals surface area (Å²) in [5.74, 6) is 0. The van der Waals surface area contributed by atoms with Gasteiger partial charge < -0.3 is 5.73 Å². The summed E-state index contributed by atoms with van der Waals surface area (Å²) in [7, 11) is -3.63. The molecule has 0 aliphatic rings. The molecule has 3 N–H and O–H groups in total. The molecule has 1 aromatic heterocycles. The van der Waals surface area contributed by atoms with Gasteiger partial charge in [0.05, 0.1) is 20.2 Å². The average molecular weight is 396 g/mol. The molecule has 4 nitrogen and oxygen atoms in total. The number of halogens is 2. The van der Waals surface area contributed by atoms with E-state index in [9.17, 15) is 8.42 Å². The first-order valence-electron chi connectivity index (χ1n) is 5.55. The van der Waals surface area contributed by atoms with Crippen molar-refractivity contribution in [3.05, 3.63) is 38.1 Å². The van der Waals surface area contributed by atoms with E-state index in [0.29, 0.717) is 22.0 Å². The number of nitrogens with one attached hydrogen (secondary N) is 1. The number of thiophene rings is 1. The highest BCUT2D eigenvalue weighted by Gasteiger charge is 2.19. The van der Waals surface area contributed by atoms with Gasteiger partial charge in [0.1, 0.15) is 4.21 Å². The van der Waals surface area contributed by atoms with Gasteiger partial charge in [-0.2, -0.15) is 0 Å². The first kappa shape index (κ1) is 15.6. The lowest BCUT2D eigenvalue weighted by molar-refractivity contribution is 0.603. The maximum atomic E-state index is 12.3. The van der Waals surface area contributed by atoms with Crippen LogP contribution in [0.2, 0.25) is 5.02 Å². The fraction of sp³-hybridized carbons (Fsp3) is 0.167. The number of sulfonamides is 1. The number of rotatable bonds is 3. The highest BCUT2D eigenvalue weighted by molar-refractivity contribution is 9.11. The predicted molar refractivity (Wildman–Crippen MR) is 88.2 cm³/mol. The van der Waals surface area contributed by atoms with Crippen LogP contribution in [0.4, 0.5) is 11.4 Å². The first-order chi connectivity index (χ1) is 9.20. The normalized spacial score (nSPS) is 11.6. The van der Waals surface area contributed by atoms with E-state index in [4.69, 9.17) is 17.3 Å². The van der Waals surface area contributed by atoms with Crippen molar-refractivity contribution in [2.24, 2.45) is 0 Å². The quantitative estimate of drug-likeness (QED) is 0.766. The van der Waals surface area contributed by atoms with Crippen LogP contribution in [0.1, 0.15) is 11.1 Å². The minimum absolute atomic E-state index is 0.245. The summed E-state index contributed by atoms with van der Waals surface area (Å²) in [5, 5.41) is 0.317. The smallest absolute Gasteiger partial charge is 0.271 e. The van der Waals surface area contributed by atoms with Crippen LogP contribution in [-0.2, 0) is 10.0 Å². The zero-order chi connectivity index (χ0) is 15.1. The van der Waals surface area contributed by atoms with Crippen LogP contribution in [0.25, 0.3) is 0 Å². The van der Waals surface area contributed by atoms with Crippen LogP contribution in [0.15, 0.2) is 26.2 Å². The third-order valence-corrected chi connectivity index (χ3v) is 6.99. The first-order valence-corrected chi connectivity index (χ1v) is 9.02. The van der Waals surface area contributed by atoms with E-state index in [-0.39, 0.29) is 4.21 Å². The molecule has 0 saturated heterocycles. The molecule has 0 aliphatic carbocycles. The highest BCUT2D eigenvalue weighted by atomic mass is 79.9. The zero-order valence-corrected chi connectivity index (χ0v) is 14.7. The third kappa shape index (κ3) is 3.11. The lowest BCUT2D eigenvalue weighted by atomic mass is 10.2. The Labute approximate surface area is 135 Å². The minimum Gasteiger partial charge on any atom is -0.398 e. The van der Waals surface area contributed by atoms with Crippen molar-refractivity contribution in [3.63, 3.8) is 0 Å². The lowest BCUT2D eigenvalue weighted by Crippen LogP contribution is -2.12. The molecule has 2 rings (SSSR count). The molecule has 2 aromatic rings. The Hall–Kier alpha value is -0.760. The summed E-state index contributed by atoms with van der Waals surface area (Å²) in [6.45, 7) is 3.60. The molecule has 0 atom stereocenters. The van der Waals surface area contributed by atoms with E-state index in [1.807, 2.05) is 6.92 Å². The summed E-state index contributed by atoms with van der Waals surface area (Å²) in [6.07, 6.45) is 0. The average Bonchev–Trinajstić information content (AvgIpc) is 2.67. The Morgan fingerprint density at radius 1 is 1.25 bits per heavy atom. The zero-order valence-electron chi connectivity index (χ0n) is 10.7. The van der Waals surface area contributed by atoms with Crippen molar-refractivity contribution >= 4 is 60.3 Å². The van der Waals surface area contributed by atoms with Crippen LogP contribution in [-0.4, -0.2) is 8.42 Å². The summed E-state index contributed by atoms with van der Waals surface area (Å²) in [5.41, 5.74) is 8.10. The van der Waals surface area contributed by atoms with Crippen LogP contribution in [0, 0.1) is 13.8 Å². The van der Waals surface area contributed by atoms with Gasteiger partial charge in [-0.25, -0.2) is 8.42 Å². The molecular formula is C12H12BrClN2O2S2. The standard InChI is InChI=1S/C12H12BrClN2O2S2/c1-6-3-9(15)8(14)5-10(6)16-20(17,18)11-4-7(2)12(13)19-11/h3-5,16H,15H2,1-2H3. The second-order valence-electron chi connectivity index (χ2n) is 4.32. The molecule has 0 amide bonds. The third-order valence-electron chi connectivity index (χ3n) is 2.69. The maximum Gasteiger partial charge on any atom is 0.271 e. The second-order valence-corrected chi connectivity index (χ2v) is 9.00. The van der Waals surface area contributed by atoms with Crippen molar-refractivity contribution in [1.82, 2.24) is 0 Å². The number of hydrogen-bond donors (Lipinski definition) is 2. The van der Waals surface area contributed by atoms with Crippen LogP contribution < -0.4 is 10.5 Å². The van der Waals surface area contributed by atoms with E-state index in [1.54, 1.807) is 19.1 Å². The Bertz CT molecular complexity index is 753. The van der Waals surface area contributed by atoms with Gasteiger partial charge in [-0.15, -0.1) is 11.3 Å². The van der Waals surface area contributed by atoms with Gasteiger partial charge in [0.15, 0.2) is 0 Å². The van der Waals surface area contributed by atoms with E-state index in [0.717, 1.165) is 20.7 Å². The molecule has 0 fully saturated rings. The monoisotopic (exact) mass is 394 g/mol. The predicted octanol–water partition coefficient (Wildman–Crippen LogP) is 4.16. The number of anilines is 2. The molecule has 0 spiro atoms. The number of benzene rings is 1. The van der Waals surface area contributed by atoms with Crippen molar-refractivity contribution in [3.8, 4) is 0 Å². The molecular weight excluding hydrogens is 384 g/mol. The van der Waals surface area contributed by atoms with Gasteiger partial charge in [-0.3, -0.25) is 4.72 Å². The van der Waals surface area contributed by atoms with E-state index < -0.39 is 10.0 Å². The Balaban J connectivity index is 2.40. The van der Waals surface area contributed by atoms with Crippen molar-refractivity contribution < 1.29 is 8.42 Å². The number of nitrogens with two attached hydrogens (primary N) is 1. The van der Waals surface area contributed by atoms with Gasteiger partial charge >= 0.3 is 0 Å². The van der Waals surface area contributed by atoms with E-state index in [2.05, 4.69) is 20.7 Å². The molecule has 1 aromatic carbocycles. The lowest BCUT2D eigenvalue weighted by Gasteiger charge is -2.11. The fourth-order valence-electron chi connectivity index (χ4n) is 1.57. The molecule has 1 heterocycles. The Morgan fingerprint density at radius 3 is 2.45 bits per heavy atom. The van der Waals surface area contributed by atoms with Crippen LogP contribution >= 0.6 is 38.9 Å². The molecule has 0 unspecified atom stereocenters. The second kappa shape index (κ2) is 5.55. The number of aryl methyl sites for hydroxylation is 2. The van der Waals surface area contributed by atoms with Gasteiger partial charge in [0.25, 0.3) is 10.0 Å². The van der Waals surface area contributed by atoms with Crippen LogP contribution in [0.3, 0.4) is 0 Å².